The lowest BCUT2D eigenvalue weighted by molar-refractivity contribution is 0.0996. The molecule has 0 spiro atoms. The van der Waals surface area contributed by atoms with Crippen LogP contribution in [0.2, 0.25) is 0 Å². The van der Waals surface area contributed by atoms with Crippen LogP contribution in [0.5, 0.6) is 0 Å². The van der Waals surface area contributed by atoms with Crippen molar-refractivity contribution in [3.8, 4) is 5.69 Å². The minimum Gasteiger partial charge on any atom is -0.459 e. The number of benzene rings is 1. The van der Waals surface area contributed by atoms with Crippen LogP contribution < -0.4 is 5.32 Å². The molecule has 1 amide bonds. The number of fused-ring (bicyclic) bond motifs is 1. The van der Waals surface area contributed by atoms with Crippen molar-refractivity contribution in [1.29, 1.82) is 0 Å². The fourth-order valence-electron chi connectivity index (χ4n) is 2.38. The lowest BCUT2D eigenvalue weighted by atomic mass is 10.2. The monoisotopic (exact) mass is 400 g/mol. The van der Waals surface area contributed by atoms with E-state index in [4.69, 9.17) is 4.42 Å². The van der Waals surface area contributed by atoms with Crippen molar-refractivity contribution in [2.75, 3.05) is 5.32 Å². The van der Waals surface area contributed by atoms with Crippen LogP contribution in [0.1, 0.15) is 10.6 Å². The lowest BCUT2D eigenvalue weighted by Gasteiger charge is -2.07. The Labute approximate surface area is 149 Å². The summed E-state index contributed by atoms with van der Waals surface area (Å²) in [5.41, 5.74) is 1.12. The summed E-state index contributed by atoms with van der Waals surface area (Å²) in [7, 11) is 0. The van der Waals surface area contributed by atoms with Crippen LogP contribution in [0, 0.1) is 5.82 Å². The molecule has 4 aromatic rings. The van der Waals surface area contributed by atoms with Crippen molar-refractivity contribution in [3.05, 3.63) is 71.1 Å². The predicted octanol–water partition coefficient (Wildman–Crippen LogP) is 4.17. The number of aromatic nitrogens is 3. The first-order valence-electron chi connectivity index (χ1n) is 7.26. The Morgan fingerprint density at radius 2 is 2.16 bits per heavy atom. The van der Waals surface area contributed by atoms with Gasteiger partial charge in [-0.3, -0.25) is 4.79 Å². The summed E-state index contributed by atoms with van der Waals surface area (Å²) in [6.45, 7) is 0. The number of furan rings is 1. The zero-order valence-electron chi connectivity index (χ0n) is 12.6. The Balaban J connectivity index is 1.70. The molecule has 0 atom stereocenters. The lowest BCUT2D eigenvalue weighted by Crippen LogP contribution is -2.11. The van der Waals surface area contributed by atoms with Gasteiger partial charge in [-0.1, -0.05) is 0 Å². The van der Waals surface area contributed by atoms with Gasteiger partial charge in [0.25, 0.3) is 5.91 Å². The van der Waals surface area contributed by atoms with Gasteiger partial charge < -0.3 is 9.73 Å². The third-order valence-corrected chi connectivity index (χ3v) is 3.96. The van der Waals surface area contributed by atoms with E-state index in [0.29, 0.717) is 11.3 Å². The first-order valence-corrected chi connectivity index (χ1v) is 8.05. The number of nitrogens with one attached hydrogen (secondary N) is 1. The Kier molecular flexibility index (Phi) is 3.81. The molecule has 25 heavy (non-hydrogen) atoms. The minimum absolute atomic E-state index is 0.171. The molecule has 0 fully saturated rings. The molecule has 0 aliphatic heterocycles. The summed E-state index contributed by atoms with van der Waals surface area (Å²) >= 11 is 3.34. The molecule has 0 saturated carbocycles. The predicted molar refractivity (Wildman–Crippen MR) is 93.2 cm³/mol. The van der Waals surface area contributed by atoms with E-state index in [1.54, 1.807) is 24.5 Å². The van der Waals surface area contributed by atoms with E-state index < -0.39 is 11.7 Å². The molecule has 1 aromatic carbocycles. The van der Waals surface area contributed by atoms with Crippen molar-refractivity contribution in [1.82, 2.24) is 14.8 Å². The molecule has 6 nitrogen and oxygen atoms in total. The van der Waals surface area contributed by atoms with Gasteiger partial charge in [-0.2, -0.15) is 0 Å². The van der Waals surface area contributed by atoms with Crippen LogP contribution in [-0.2, 0) is 0 Å². The molecule has 4 rings (SSSR count). The normalized spacial score (nSPS) is 11.0. The summed E-state index contributed by atoms with van der Waals surface area (Å²) in [5.74, 6) is -0.716. The molecule has 0 radical (unpaired) electrons. The molecule has 1 N–H and O–H groups in total. The maximum Gasteiger partial charge on any atom is 0.291 e. The summed E-state index contributed by atoms with van der Waals surface area (Å²) in [6.07, 6.45) is 4.70. The van der Waals surface area contributed by atoms with Crippen LogP contribution in [0.4, 0.5) is 10.1 Å². The van der Waals surface area contributed by atoms with Crippen LogP contribution >= 0.6 is 15.9 Å². The molecule has 0 aliphatic carbocycles. The van der Waals surface area contributed by atoms with Gasteiger partial charge in [-0.25, -0.2) is 14.1 Å². The van der Waals surface area contributed by atoms with Gasteiger partial charge in [0.2, 0.25) is 0 Å². The van der Waals surface area contributed by atoms with Gasteiger partial charge in [0.1, 0.15) is 11.5 Å². The summed E-state index contributed by atoms with van der Waals surface area (Å²) in [6, 6.07) is 9.23. The van der Waals surface area contributed by atoms with Gasteiger partial charge in [0, 0.05) is 27.9 Å². The second-order valence-corrected chi connectivity index (χ2v) is 6.15. The first-order chi connectivity index (χ1) is 12.1. The summed E-state index contributed by atoms with van der Waals surface area (Å²) < 4.78 is 21.5. The van der Waals surface area contributed by atoms with Gasteiger partial charge in [0.05, 0.1) is 6.26 Å². The highest BCUT2D eigenvalue weighted by Crippen LogP contribution is 2.22. The highest BCUT2D eigenvalue weighted by molar-refractivity contribution is 9.10. The largest absolute Gasteiger partial charge is 0.459 e. The van der Waals surface area contributed by atoms with Gasteiger partial charge in [-0.15, -0.1) is 5.10 Å². The molecule has 3 heterocycles. The average Bonchev–Trinajstić information content (AvgIpc) is 3.25. The van der Waals surface area contributed by atoms with E-state index in [1.165, 1.54) is 29.1 Å². The summed E-state index contributed by atoms with van der Waals surface area (Å²) in [4.78, 5) is 16.2. The van der Waals surface area contributed by atoms with E-state index in [2.05, 4.69) is 31.3 Å². The fourth-order valence-corrected chi connectivity index (χ4v) is 2.73. The number of carbonyl (C=O) groups is 1. The van der Waals surface area contributed by atoms with Gasteiger partial charge >= 0.3 is 0 Å². The molecule has 0 aliphatic rings. The number of rotatable bonds is 3. The van der Waals surface area contributed by atoms with Crippen LogP contribution in [-0.4, -0.2) is 20.7 Å². The van der Waals surface area contributed by atoms with E-state index in [1.807, 2.05) is 6.07 Å². The van der Waals surface area contributed by atoms with Crippen molar-refractivity contribution < 1.29 is 13.6 Å². The summed E-state index contributed by atoms with van der Waals surface area (Å²) in [5, 5.41) is 7.69. The van der Waals surface area contributed by atoms with Gasteiger partial charge in [-0.05, 0) is 52.3 Å². The number of carbonyl (C=O) groups excluding carboxylic acids is 1. The number of nitrogens with zero attached hydrogens (tertiary/aromatic N) is 3. The van der Waals surface area contributed by atoms with Crippen molar-refractivity contribution in [2.24, 2.45) is 0 Å². The number of anilines is 1. The van der Waals surface area contributed by atoms with E-state index in [-0.39, 0.29) is 11.4 Å². The molecule has 0 bridgehead atoms. The molecule has 0 unspecified atom stereocenters. The molecular formula is C17H10BrFN4O2. The second kappa shape index (κ2) is 6.14. The third kappa shape index (κ3) is 3.03. The zero-order valence-corrected chi connectivity index (χ0v) is 14.2. The SMILES string of the molecule is O=C(Nc1ccc(F)c(-n2cc3cc(Br)cnc3n2)c1)c1ccco1. The Bertz CT molecular complexity index is 1080. The van der Waals surface area contributed by atoms with Crippen molar-refractivity contribution >= 4 is 38.6 Å². The molecular weight excluding hydrogens is 391 g/mol. The van der Waals surface area contributed by atoms with E-state index in [0.717, 1.165) is 9.86 Å². The standard InChI is InChI=1S/C17H10BrFN4O2/c18-11-6-10-9-23(22-16(10)20-8-11)14-7-12(3-4-13(14)19)21-17(24)15-2-1-5-25-15/h1-9H,(H,21,24). The highest BCUT2D eigenvalue weighted by Gasteiger charge is 2.13. The third-order valence-electron chi connectivity index (χ3n) is 3.52. The molecule has 124 valence electrons. The first kappa shape index (κ1) is 15.5. The number of halogens is 2. The quantitative estimate of drug-likeness (QED) is 0.560. The molecule has 8 heteroatoms. The zero-order chi connectivity index (χ0) is 17.4. The maximum absolute atomic E-state index is 14.3. The number of hydrogen-bond acceptors (Lipinski definition) is 4. The van der Waals surface area contributed by atoms with Crippen LogP contribution in [0.3, 0.4) is 0 Å². The van der Waals surface area contributed by atoms with Crippen LogP contribution in [0.15, 0.2) is 63.9 Å². The van der Waals surface area contributed by atoms with Crippen molar-refractivity contribution in [3.63, 3.8) is 0 Å². The maximum atomic E-state index is 14.3. The molecule has 3 aromatic heterocycles. The van der Waals surface area contributed by atoms with Crippen LogP contribution in [0.25, 0.3) is 16.7 Å². The Hall–Kier alpha value is -3.00. The minimum atomic E-state index is -0.470. The smallest absolute Gasteiger partial charge is 0.291 e. The second-order valence-electron chi connectivity index (χ2n) is 5.24. The average molecular weight is 401 g/mol. The number of amides is 1. The van der Waals surface area contributed by atoms with E-state index in [9.17, 15) is 9.18 Å². The number of hydrogen-bond donors (Lipinski definition) is 1. The number of pyridine rings is 1. The topological polar surface area (TPSA) is 73.0 Å². The Morgan fingerprint density at radius 3 is 2.96 bits per heavy atom. The highest BCUT2D eigenvalue weighted by atomic mass is 79.9. The van der Waals surface area contributed by atoms with E-state index >= 15 is 0 Å². The van der Waals surface area contributed by atoms with Crippen molar-refractivity contribution in [2.45, 2.75) is 0 Å². The van der Waals surface area contributed by atoms with Gasteiger partial charge in [0.15, 0.2) is 11.4 Å². The fraction of sp³-hybridized carbons (Fsp3) is 0. The Morgan fingerprint density at radius 1 is 1.28 bits per heavy atom. The molecule has 0 saturated heterocycles.